The van der Waals surface area contributed by atoms with E-state index >= 15 is 0 Å². The Kier molecular flexibility index (Phi) is 3.64. The molecule has 2 unspecified atom stereocenters. The molecule has 2 rings (SSSR count). The van der Waals surface area contributed by atoms with E-state index in [9.17, 15) is 9.18 Å². The van der Waals surface area contributed by atoms with Gasteiger partial charge < -0.3 is 9.47 Å². The average Bonchev–Trinajstić information content (AvgIpc) is 2.30. The van der Waals surface area contributed by atoms with Gasteiger partial charge in [-0.1, -0.05) is 11.6 Å². The Morgan fingerprint density at radius 2 is 2.29 bits per heavy atom. The number of carbonyl (C=O) groups is 1. The van der Waals surface area contributed by atoms with Gasteiger partial charge in [-0.25, -0.2) is 4.39 Å². The fourth-order valence-corrected chi connectivity index (χ4v) is 1.79. The smallest absolute Gasteiger partial charge is 0.169 e. The molecule has 2 atom stereocenters. The highest BCUT2D eigenvalue weighted by molar-refractivity contribution is 6.30. The lowest BCUT2D eigenvalue weighted by Gasteiger charge is -2.34. The van der Waals surface area contributed by atoms with Crippen molar-refractivity contribution in [3.63, 3.8) is 0 Å². The van der Waals surface area contributed by atoms with Crippen LogP contribution in [0.1, 0.15) is 13.3 Å². The number of hydrogen-bond donors (Lipinski definition) is 0. The maximum Gasteiger partial charge on any atom is 0.169 e. The molecule has 0 aromatic heterocycles. The van der Waals surface area contributed by atoms with Gasteiger partial charge in [-0.2, -0.15) is 0 Å². The zero-order valence-corrected chi connectivity index (χ0v) is 10.0. The Balaban J connectivity index is 2.01. The Morgan fingerprint density at radius 1 is 1.53 bits per heavy atom. The molecule has 0 spiro atoms. The molecule has 0 aliphatic heterocycles. The van der Waals surface area contributed by atoms with Gasteiger partial charge in [0.05, 0.1) is 5.02 Å². The number of benzene rings is 1. The van der Waals surface area contributed by atoms with Crippen LogP contribution >= 0.6 is 11.6 Å². The quantitative estimate of drug-likeness (QED) is 0.833. The maximum atomic E-state index is 13.2. The van der Waals surface area contributed by atoms with Gasteiger partial charge in [0.25, 0.3) is 0 Å². The third-order valence-electron chi connectivity index (χ3n) is 2.58. The highest BCUT2D eigenvalue weighted by Gasteiger charge is 2.42. The second-order valence-corrected chi connectivity index (χ2v) is 4.19. The van der Waals surface area contributed by atoms with E-state index in [1.165, 1.54) is 12.1 Å². The van der Waals surface area contributed by atoms with E-state index in [0.29, 0.717) is 18.8 Å². The van der Waals surface area contributed by atoms with Crippen molar-refractivity contribution in [3.05, 3.63) is 29.0 Å². The lowest BCUT2D eigenvalue weighted by molar-refractivity contribution is -0.154. The molecule has 17 heavy (non-hydrogen) atoms. The minimum atomic E-state index is -0.539. The van der Waals surface area contributed by atoms with Crippen LogP contribution in [0.15, 0.2) is 18.2 Å². The maximum absolute atomic E-state index is 13.2. The monoisotopic (exact) mass is 258 g/mol. The summed E-state index contributed by atoms with van der Waals surface area (Å²) in [6.45, 7) is 2.26. The van der Waals surface area contributed by atoms with Crippen molar-refractivity contribution in [1.29, 1.82) is 0 Å². The fourth-order valence-electron chi connectivity index (χ4n) is 1.68. The van der Waals surface area contributed by atoms with Crippen molar-refractivity contribution in [2.75, 3.05) is 6.61 Å². The molecule has 1 saturated carbocycles. The molecule has 0 amide bonds. The number of ether oxygens (including phenoxy) is 2. The third kappa shape index (κ3) is 2.58. The normalized spacial score (nSPS) is 23.4. The SMILES string of the molecule is CCOC1C(=O)CC1Oc1ccc(Cl)c(F)c1. The fraction of sp³-hybridized carbons (Fsp3) is 0.417. The van der Waals surface area contributed by atoms with Crippen LogP contribution in [0.5, 0.6) is 5.75 Å². The minimum absolute atomic E-state index is 0.0197. The van der Waals surface area contributed by atoms with E-state index in [-0.39, 0.29) is 16.9 Å². The molecule has 1 aromatic carbocycles. The van der Waals surface area contributed by atoms with Crippen molar-refractivity contribution < 1.29 is 18.7 Å². The number of Topliss-reactive ketones (excluding diaryl/α,β-unsaturated/α-hetero) is 1. The predicted octanol–water partition coefficient (Wildman–Crippen LogP) is 2.60. The second-order valence-electron chi connectivity index (χ2n) is 3.78. The van der Waals surface area contributed by atoms with Crippen molar-refractivity contribution in [2.24, 2.45) is 0 Å². The van der Waals surface area contributed by atoms with Gasteiger partial charge in [0.15, 0.2) is 11.9 Å². The summed E-state index contributed by atoms with van der Waals surface area (Å²) in [6.07, 6.45) is -0.559. The molecule has 0 N–H and O–H groups in total. The summed E-state index contributed by atoms with van der Waals surface area (Å²) >= 11 is 5.56. The number of carbonyl (C=O) groups excluding carboxylic acids is 1. The molecule has 3 nitrogen and oxygen atoms in total. The minimum Gasteiger partial charge on any atom is -0.487 e. The Bertz CT molecular complexity index is 436. The van der Waals surface area contributed by atoms with Gasteiger partial charge in [-0.05, 0) is 19.1 Å². The highest BCUT2D eigenvalue weighted by Crippen LogP contribution is 2.27. The highest BCUT2D eigenvalue weighted by atomic mass is 35.5. The second kappa shape index (κ2) is 5.02. The Labute approximate surface area is 103 Å². The lowest BCUT2D eigenvalue weighted by atomic mass is 9.90. The van der Waals surface area contributed by atoms with Crippen LogP contribution < -0.4 is 4.74 Å². The molecular formula is C12H12ClFO3. The molecule has 1 fully saturated rings. The largest absolute Gasteiger partial charge is 0.487 e. The lowest BCUT2D eigenvalue weighted by Crippen LogP contribution is -2.52. The topological polar surface area (TPSA) is 35.5 Å². The number of halogens is 2. The number of rotatable bonds is 4. The van der Waals surface area contributed by atoms with Gasteiger partial charge in [0.1, 0.15) is 17.7 Å². The molecule has 1 aliphatic rings. The van der Waals surface area contributed by atoms with Crippen LogP contribution in [-0.2, 0) is 9.53 Å². The number of ketones is 1. The summed E-state index contributed by atoms with van der Waals surface area (Å²) in [5.74, 6) is -0.164. The van der Waals surface area contributed by atoms with Crippen molar-refractivity contribution in [1.82, 2.24) is 0 Å². The van der Waals surface area contributed by atoms with Gasteiger partial charge in [-0.15, -0.1) is 0 Å². The summed E-state index contributed by atoms with van der Waals surface area (Å²) in [5, 5.41) is 0.0448. The van der Waals surface area contributed by atoms with E-state index in [2.05, 4.69) is 0 Å². The van der Waals surface area contributed by atoms with Gasteiger partial charge in [-0.3, -0.25) is 4.79 Å². The first-order chi connectivity index (χ1) is 8.11. The Hall–Kier alpha value is -1.13. The van der Waals surface area contributed by atoms with Crippen LogP contribution in [0, 0.1) is 5.82 Å². The van der Waals surface area contributed by atoms with E-state index in [1.807, 2.05) is 6.92 Å². The number of hydrogen-bond acceptors (Lipinski definition) is 3. The molecular weight excluding hydrogens is 247 g/mol. The van der Waals surface area contributed by atoms with Crippen LogP contribution in [0.2, 0.25) is 5.02 Å². The molecule has 92 valence electrons. The molecule has 5 heteroatoms. The summed E-state index contributed by atoms with van der Waals surface area (Å²) < 4.78 is 23.9. The predicted molar refractivity (Wildman–Crippen MR) is 60.9 cm³/mol. The standard InChI is InChI=1S/C12H12ClFO3/c1-2-16-12-10(15)6-11(12)17-7-3-4-8(13)9(14)5-7/h3-5,11-12H,2,6H2,1H3. The van der Waals surface area contributed by atoms with E-state index in [4.69, 9.17) is 21.1 Å². The van der Waals surface area contributed by atoms with Crippen LogP contribution in [0.4, 0.5) is 4.39 Å². The van der Waals surface area contributed by atoms with E-state index < -0.39 is 11.9 Å². The third-order valence-corrected chi connectivity index (χ3v) is 2.89. The van der Waals surface area contributed by atoms with Crippen LogP contribution in [0.25, 0.3) is 0 Å². The van der Waals surface area contributed by atoms with Crippen LogP contribution in [0.3, 0.4) is 0 Å². The first kappa shape index (κ1) is 12.3. The van der Waals surface area contributed by atoms with Gasteiger partial charge >= 0.3 is 0 Å². The molecule has 0 bridgehead atoms. The van der Waals surface area contributed by atoms with Crippen molar-refractivity contribution >= 4 is 17.4 Å². The first-order valence-corrected chi connectivity index (χ1v) is 5.75. The molecule has 1 aromatic rings. The van der Waals surface area contributed by atoms with E-state index in [1.54, 1.807) is 6.07 Å². The molecule has 0 heterocycles. The zero-order chi connectivity index (χ0) is 12.4. The van der Waals surface area contributed by atoms with Crippen LogP contribution in [-0.4, -0.2) is 24.6 Å². The molecule has 0 radical (unpaired) electrons. The first-order valence-electron chi connectivity index (χ1n) is 5.38. The van der Waals surface area contributed by atoms with Gasteiger partial charge in [0, 0.05) is 19.1 Å². The summed E-state index contributed by atoms with van der Waals surface area (Å²) in [5.41, 5.74) is 0. The summed E-state index contributed by atoms with van der Waals surface area (Å²) in [4.78, 5) is 11.2. The van der Waals surface area contributed by atoms with Crippen molar-refractivity contribution in [2.45, 2.75) is 25.6 Å². The van der Waals surface area contributed by atoms with Crippen molar-refractivity contribution in [3.8, 4) is 5.75 Å². The van der Waals surface area contributed by atoms with E-state index in [0.717, 1.165) is 0 Å². The summed E-state index contributed by atoms with van der Waals surface area (Å²) in [6, 6.07) is 4.19. The van der Waals surface area contributed by atoms with Gasteiger partial charge in [0.2, 0.25) is 0 Å². The average molecular weight is 259 g/mol. The Morgan fingerprint density at radius 3 is 2.88 bits per heavy atom. The molecule has 0 saturated heterocycles. The molecule has 1 aliphatic carbocycles. The zero-order valence-electron chi connectivity index (χ0n) is 9.28. The summed E-state index contributed by atoms with van der Waals surface area (Å²) in [7, 11) is 0.